The molecule has 2 aromatic carbocycles. The van der Waals surface area contributed by atoms with Gasteiger partial charge in [0.15, 0.2) is 10.7 Å². The number of hydrogen-bond donors (Lipinski definition) is 2. The van der Waals surface area contributed by atoms with E-state index in [1.54, 1.807) is 12.1 Å². The fourth-order valence-electron chi connectivity index (χ4n) is 2.91. The van der Waals surface area contributed by atoms with E-state index in [9.17, 15) is 8.42 Å². The Morgan fingerprint density at radius 3 is 2.57 bits per heavy atom. The van der Waals surface area contributed by atoms with Gasteiger partial charge in [-0.15, -0.1) is 0 Å². The third kappa shape index (κ3) is 2.37. The number of hydrogen-bond acceptors (Lipinski definition) is 4. The second-order valence-corrected chi connectivity index (χ2v) is 6.43. The first-order valence-corrected chi connectivity index (χ1v) is 8.16. The van der Waals surface area contributed by atoms with Crippen LogP contribution in [0.25, 0.3) is 11.1 Å². The van der Waals surface area contributed by atoms with Crippen molar-refractivity contribution in [2.45, 2.75) is 23.6 Å². The van der Waals surface area contributed by atoms with E-state index in [0.717, 1.165) is 24.1 Å². The van der Waals surface area contributed by atoms with Crippen LogP contribution in [0.3, 0.4) is 0 Å². The molecule has 0 spiro atoms. The minimum atomic E-state index is -2.51. The summed E-state index contributed by atoms with van der Waals surface area (Å²) in [7, 11) is -2.51. The third-order valence-electron chi connectivity index (χ3n) is 4.09. The molecule has 0 bridgehead atoms. The molecule has 5 heteroatoms. The van der Waals surface area contributed by atoms with E-state index in [-0.39, 0.29) is 12.3 Å². The topological polar surface area (TPSA) is 58.7 Å². The molecular weight excluding hydrogens is 286 g/mol. The highest BCUT2D eigenvalue weighted by atomic mass is 32.2. The van der Waals surface area contributed by atoms with Crippen LogP contribution in [0.2, 0.25) is 0 Å². The van der Waals surface area contributed by atoms with E-state index in [4.69, 9.17) is 4.74 Å². The van der Waals surface area contributed by atoms with Gasteiger partial charge in [0.25, 0.3) is 0 Å². The molecular formula is C16H15NO3S. The summed E-state index contributed by atoms with van der Waals surface area (Å²) >= 11 is 0. The number of fused-ring (bicyclic) bond motifs is 3. The number of nitrogens with one attached hydrogen (secondary N) is 1. The quantitative estimate of drug-likeness (QED) is 0.657. The van der Waals surface area contributed by atoms with Gasteiger partial charge in [-0.25, -0.2) is 8.42 Å². The monoisotopic (exact) mass is 301 g/mol. The van der Waals surface area contributed by atoms with Crippen LogP contribution in [-0.4, -0.2) is 21.2 Å². The van der Waals surface area contributed by atoms with E-state index in [0.29, 0.717) is 4.90 Å². The standard InChI is InChI=1S/C16H15NO3S/c18-21(19)13-4-1-10(2-5-13)11-3-6-14-12(9-11)7-8-17-16-15(14)20-16/h1-6,9,15-17,21H,7-8H2. The smallest absolute Gasteiger partial charge is 0.168 e. The fourth-order valence-corrected chi connectivity index (χ4v) is 3.30. The fraction of sp³-hybridized carbons (Fsp3) is 0.250. The molecule has 0 aliphatic carbocycles. The van der Waals surface area contributed by atoms with Gasteiger partial charge in [-0.05, 0) is 40.8 Å². The summed E-state index contributed by atoms with van der Waals surface area (Å²) < 4.78 is 27.5. The van der Waals surface area contributed by atoms with Crippen LogP contribution >= 0.6 is 0 Å². The summed E-state index contributed by atoms with van der Waals surface area (Å²) in [6.45, 7) is 0.924. The van der Waals surface area contributed by atoms with Gasteiger partial charge >= 0.3 is 0 Å². The highest BCUT2D eigenvalue weighted by Crippen LogP contribution is 2.41. The van der Waals surface area contributed by atoms with Crippen molar-refractivity contribution in [2.75, 3.05) is 6.54 Å². The van der Waals surface area contributed by atoms with Crippen molar-refractivity contribution in [2.24, 2.45) is 0 Å². The van der Waals surface area contributed by atoms with Gasteiger partial charge in [0, 0.05) is 6.54 Å². The van der Waals surface area contributed by atoms with Crippen LogP contribution in [-0.2, 0) is 21.9 Å². The highest BCUT2D eigenvalue weighted by molar-refractivity contribution is 7.72. The minimum Gasteiger partial charge on any atom is -0.348 e. The molecule has 1 N–H and O–H groups in total. The second kappa shape index (κ2) is 4.94. The lowest BCUT2D eigenvalue weighted by Crippen LogP contribution is -2.18. The lowest BCUT2D eigenvalue weighted by Gasteiger charge is -2.09. The van der Waals surface area contributed by atoms with E-state index < -0.39 is 10.7 Å². The van der Waals surface area contributed by atoms with E-state index in [1.807, 2.05) is 12.1 Å². The Balaban J connectivity index is 1.71. The number of thiol groups is 1. The molecule has 2 atom stereocenters. The van der Waals surface area contributed by atoms with Crippen molar-refractivity contribution in [3.63, 3.8) is 0 Å². The molecule has 108 valence electrons. The van der Waals surface area contributed by atoms with Crippen LogP contribution in [0.15, 0.2) is 47.4 Å². The van der Waals surface area contributed by atoms with Crippen molar-refractivity contribution in [3.8, 4) is 11.1 Å². The van der Waals surface area contributed by atoms with E-state index >= 15 is 0 Å². The Morgan fingerprint density at radius 2 is 1.81 bits per heavy atom. The number of ether oxygens (including phenoxy) is 1. The molecule has 2 aromatic rings. The SMILES string of the molecule is O=[SH](=O)c1ccc(-c2ccc3c(c2)CCNC2OC32)cc1. The Hall–Kier alpha value is -1.69. The van der Waals surface area contributed by atoms with Crippen LogP contribution < -0.4 is 5.32 Å². The van der Waals surface area contributed by atoms with E-state index in [2.05, 4.69) is 23.5 Å². The lowest BCUT2D eigenvalue weighted by atomic mass is 9.96. The maximum atomic E-state index is 10.9. The summed E-state index contributed by atoms with van der Waals surface area (Å²) in [4.78, 5) is 0.349. The summed E-state index contributed by atoms with van der Waals surface area (Å²) in [5.74, 6) is 0. The first kappa shape index (κ1) is 13.0. The van der Waals surface area contributed by atoms with Crippen molar-refractivity contribution in [1.82, 2.24) is 5.32 Å². The molecule has 0 saturated carbocycles. The average molecular weight is 301 g/mol. The van der Waals surface area contributed by atoms with Gasteiger partial charge in [0.2, 0.25) is 0 Å². The second-order valence-electron chi connectivity index (χ2n) is 5.40. The molecule has 1 fully saturated rings. The van der Waals surface area contributed by atoms with Gasteiger partial charge in [-0.3, -0.25) is 5.32 Å². The lowest BCUT2D eigenvalue weighted by molar-refractivity contribution is 0.343. The van der Waals surface area contributed by atoms with Crippen LogP contribution in [0.1, 0.15) is 17.2 Å². The molecule has 2 aliphatic rings. The molecule has 2 aliphatic heterocycles. The number of benzene rings is 2. The van der Waals surface area contributed by atoms with Gasteiger partial charge in [0.1, 0.15) is 12.3 Å². The maximum Gasteiger partial charge on any atom is 0.168 e. The maximum absolute atomic E-state index is 10.9. The van der Waals surface area contributed by atoms with Gasteiger partial charge in [0.05, 0.1) is 4.90 Å². The average Bonchev–Trinajstić information content (AvgIpc) is 3.27. The van der Waals surface area contributed by atoms with Crippen molar-refractivity contribution in [1.29, 1.82) is 0 Å². The molecule has 0 aromatic heterocycles. The molecule has 4 nitrogen and oxygen atoms in total. The summed E-state index contributed by atoms with van der Waals surface area (Å²) in [6, 6.07) is 13.4. The Labute approximate surface area is 124 Å². The van der Waals surface area contributed by atoms with Gasteiger partial charge in [-0.1, -0.05) is 30.3 Å². The summed E-state index contributed by atoms with van der Waals surface area (Å²) in [5, 5.41) is 3.36. The third-order valence-corrected chi connectivity index (χ3v) is 4.81. The van der Waals surface area contributed by atoms with Gasteiger partial charge in [-0.2, -0.15) is 0 Å². The largest absolute Gasteiger partial charge is 0.348 e. The molecule has 0 radical (unpaired) electrons. The molecule has 21 heavy (non-hydrogen) atoms. The molecule has 2 heterocycles. The molecule has 0 amide bonds. The zero-order chi connectivity index (χ0) is 14.4. The highest BCUT2D eigenvalue weighted by Gasteiger charge is 2.42. The predicted octanol–water partition coefficient (Wildman–Crippen LogP) is 1.87. The number of rotatable bonds is 2. The van der Waals surface area contributed by atoms with Crippen molar-refractivity contribution in [3.05, 3.63) is 53.6 Å². The van der Waals surface area contributed by atoms with Crippen LogP contribution in [0, 0.1) is 0 Å². The normalized spacial score (nSPS) is 23.3. The molecule has 2 unspecified atom stereocenters. The van der Waals surface area contributed by atoms with Crippen LogP contribution in [0.4, 0.5) is 0 Å². The number of epoxide rings is 1. The Kier molecular flexibility index (Phi) is 3.06. The molecule has 1 saturated heterocycles. The minimum absolute atomic E-state index is 0.185. The van der Waals surface area contributed by atoms with Gasteiger partial charge < -0.3 is 4.74 Å². The Bertz CT molecular complexity index is 760. The Morgan fingerprint density at radius 1 is 1.05 bits per heavy atom. The zero-order valence-electron chi connectivity index (χ0n) is 11.3. The first-order chi connectivity index (χ1) is 10.2. The molecule has 4 rings (SSSR count). The first-order valence-electron chi connectivity index (χ1n) is 6.99. The zero-order valence-corrected chi connectivity index (χ0v) is 12.2. The van der Waals surface area contributed by atoms with Crippen molar-refractivity contribution < 1.29 is 13.2 Å². The van der Waals surface area contributed by atoms with E-state index in [1.165, 1.54) is 11.1 Å². The predicted molar refractivity (Wildman–Crippen MR) is 79.8 cm³/mol. The van der Waals surface area contributed by atoms with Crippen LogP contribution in [0.5, 0.6) is 0 Å². The summed E-state index contributed by atoms with van der Waals surface area (Å²) in [5.41, 5.74) is 4.72. The summed E-state index contributed by atoms with van der Waals surface area (Å²) in [6.07, 6.45) is 1.37. The van der Waals surface area contributed by atoms with Crippen molar-refractivity contribution >= 4 is 10.7 Å².